The molecule has 0 aliphatic carbocycles. The minimum Gasteiger partial charge on any atom is -0.371 e. The highest BCUT2D eigenvalue weighted by Gasteiger charge is 2.24. The van der Waals surface area contributed by atoms with Crippen molar-refractivity contribution >= 4 is 16.6 Å². The predicted molar refractivity (Wildman–Crippen MR) is 112 cm³/mol. The topological polar surface area (TPSA) is 83.7 Å². The molecule has 0 radical (unpaired) electrons. The van der Waals surface area contributed by atoms with E-state index >= 15 is 0 Å². The number of fused-ring (bicyclic) bond motifs is 1. The van der Waals surface area contributed by atoms with Crippen molar-refractivity contribution in [2.45, 2.75) is 6.42 Å². The Morgan fingerprint density at radius 2 is 2.07 bits per heavy atom. The van der Waals surface area contributed by atoms with Crippen molar-refractivity contribution in [1.29, 1.82) is 0 Å². The molecule has 1 unspecified atom stereocenters. The summed E-state index contributed by atoms with van der Waals surface area (Å²) >= 11 is 0. The molecular formula is C22H21FN6. The van der Waals surface area contributed by atoms with Crippen LogP contribution in [0.1, 0.15) is 6.42 Å². The molecule has 29 heavy (non-hydrogen) atoms. The zero-order chi connectivity index (χ0) is 19.8. The Bertz CT molecular complexity index is 1170. The quantitative estimate of drug-likeness (QED) is 0.558. The molecule has 1 aromatic carbocycles. The maximum absolute atomic E-state index is 14.3. The number of aromatic nitrogens is 4. The van der Waals surface area contributed by atoms with Crippen molar-refractivity contribution in [2.75, 3.05) is 24.5 Å². The number of aromatic amines is 1. The maximum atomic E-state index is 14.3. The van der Waals surface area contributed by atoms with E-state index in [1.54, 1.807) is 24.5 Å². The Labute approximate surface area is 167 Å². The van der Waals surface area contributed by atoms with E-state index in [0.717, 1.165) is 47.4 Å². The third-order valence-electron chi connectivity index (χ3n) is 5.61. The average Bonchev–Trinajstić information content (AvgIpc) is 3.41. The van der Waals surface area contributed by atoms with E-state index in [4.69, 9.17) is 5.73 Å². The van der Waals surface area contributed by atoms with E-state index in [2.05, 4.69) is 25.1 Å². The number of benzene rings is 1. The molecule has 1 saturated heterocycles. The van der Waals surface area contributed by atoms with E-state index in [1.807, 2.05) is 24.4 Å². The standard InChI is InChI=1S/C22H21FN6/c23-18-4-2-1-3-15(18)22-16-9-19(26-12-20(16)27-28-22)17-11-25-7-5-21(17)29-8-6-14(10-24)13-29/h1-5,7,9,11-12,14H,6,8,10,13,24H2,(H,27,28). The van der Waals surface area contributed by atoms with Gasteiger partial charge in [-0.1, -0.05) is 12.1 Å². The first-order valence-corrected chi connectivity index (χ1v) is 9.73. The van der Waals surface area contributed by atoms with Crippen LogP contribution in [0.5, 0.6) is 0 Å². The van der Waals surface area contributed by atoms with Crippen molar-refractivity contribution in [3.8, 4) is 22.5 Å². The molecule has 0 spiro atoms. The SMILES string of the molecule is NCC1CCN(c2ccncc2-c2cc3c(-c4ccccc4F)n[nH]c3cn2)C1. The van der Waals surface area contributed by atoms with Crippen LogP contribution in [-0.4, -0.2) is 39.8 Å². The highest BCUT2D eigenvalue weighted by atomic mass is 19.1. The first-order chi connectivity index (χ1) is 14.2. The molecular weight excluding hydrogens is 367 g/mol. The third kappa shape index (κ3) is 3.13. The van der Waals surface area contributed by atoms with Gasteiger partial charge in [0.25, 0.3) is 0 Å². The second-order valence-corrected chi connectivity index (χ2v) is 7.40. The van der Waals surface area contributed by atoms with Gasteiger partial charge in [-0.25, -0.2) is 4.39 Å². The molecule has 4 aromatic rings. The van der Waals surface area contributed by atoms with E-state index < -0.39 is 0 Å². The molecule has 1 aliphatic rings. The van der Waals surface area contributed by atoms with Crippen LogP contribution in [0.4, 0.5) is 10.1 Å². The van der Waals surface area contributed by atoms with Crippen LogP contribution in [0.15, 0.2) is 55.0 Å². The Morgan fingerprint density at radius 1 is 1.17 bits per heavy atom. The zero-order valence-electron chi connectivity index (χ0n) is 15.8. The second-order valence-electron chi connectivity index (χ2n) is 7.40. The van der Waals surface area contributed by atoms with E-state index in [9.17, 15) is 4.39 Å². The number of halogens is 1. The third-order valence-corrected chi connectivity index (χ3v) is 5.61. The number of anilines is 1. The summed E-state index contributed by atoms with van der Waals surface area (Å²) in [5, 5.41) is 8.12. The summed E-state index contributed by atoms with van der Waals surface area (Å²) in [5.41, 5.74) is 10.5. The highest BCUT2D eigenvalue weighted by molar-refractivity contribution is 5.95. The summed E-state index contributed by atoms with van der Waals surface area (Å²) < 4.78 is 14.3. The molecule has 1 fully saturated rings. The largest absolute Gasteiger partial charge is 0.371 e. The number of nitrogens with zero attached hydrogens (tertiary/aromatic N) is 4. The van der Waals surface area contributed by atoms with Crippen LogP contribution in [0.25, 0.3) is 33.4 Å². The maximum Gasteiger partial charge on any atom is 0.132 e. The number of nitrogens with one attached hydrogen (secondary N) is 1. The van der Waals surface area contributed by atoms with Crippen molar-refractivity contribution in [1.82, 2.24) is 20.2 Å². The van der Waals surface area contributed by atoms with Crippen molar-refractivity contribution in [2.24, 2.45) is 11.7 Å². The summed E-state index contributed by atoms with van der Waals surface area (Å²) in [4.78, 5) is 11.3. The van der Waals surface area contributed by atoms with Crippen LogP contribution in [0, 0.1) is 11.7 Å². The van der Waals surface area contributed by atoms with Gasteiger partial charge in [-0.05, 0) is 43.1 Å². The van der Waals surface area contributed by atoms with Gasteiger partial charge in [0.2, 0.25) is 0 Å². The monoisotopic (exact) mass is 388 g/mol. The van der Waals surface area contributed by atoms with Crippen LogP contribution < -0.4 is 10.6 Å². The molecule has 0 bridgehead atoms. The van der Waals surface area contributed by atoms with Gasteiger partial charge in [0.05, 0.1) is 17.4 Å². The lowest BCUT2D eigenvalue weighted by molar-refractivity contribution is 0.603. The number of rotatable bonds is 4. The van der Waals surface area contributed by atoms with Crippen molar-refractivity contribution < 1.29 is 4.39 Å². The van der Waals surface area contributed by atoms with E-state index in [1.165, 1.54) is 6.07 Å². The lowest BCUT2D eigenvalue weighted by Gasteiger charge is -2.21. The molecule has 0 amide bonds. The van der Waals surface area contributed by atoms with Crippen LogP contribution in [-0.2, 0) is 0 Å². The first-order valence-electron chi connectivity index (χ1n) is 9.73. The van der Waals surface area contributed by atoms with Gasteiger partial charge < -0.3 is 10.6 Å². The molecule has 1 atom stereocenters. The van der Waals surface area contributed by atoms with Crippen molar-refractivity contribution in [3.05, 3.63) is 60.8 Å². The number of nitrogens with two attached hydrogens (primary N) is 1. The van der Waals surface area contributed by atoms with Gasteiger partial charge in [0.1, 0.15) is 11.5 Å². The van der Waals surface area contributed by atoms with Crippen LogP contribution >= 0.6 is 0 Å². The summed E-state index contributed by atoms with van der Waals surface area (Å²) in [7, 11) is 0. The Hall–Kier alpha value is -3.32. The van der Waals surface area contributed by atoms with Gasteiger partial charge in [-0.3, -0.25) is 15.1 Å². The van der Waals surface area contributed by atoms with Gasteiger partial charge in [0.15, 0.2) is 0 Å². The molecule has 4 heterocycles. The second kappa shape index (κ2) is 7.25. The number of H-pyrrole nitrogens is 1. The molecule has 5 rings (SSSR count). The lowest BCUT2D eigenvalue weighted by Crippen LogP contribution is -2.23. The summed E-state index contributed by atoms with van der Waals surface area (Å²) in [5.74, 6) is 0.208. The minimum absolute atomic E-state index is 0.300. The van der Waals surface area contributed by atoms with Gasteiger partial charge in [-0.15, -0.1) is 0 Å². The number of pyridine rings is 2. The molecule has 1 aliphatic heterocycles. The van der Waals surface area contributed by atoms with E-state index in [0.29, 0.717) is 23.7 Å². The van der Waals surface area contributed by atoms with Crippen LogP contribution in [0.2, 0.25) is 0 Å². The molecule has 7 heteroatoms. The fourth-order valence-electron chi connectivity index (χ4n) is 4.03. The number of hydrogen-bond acceptors (Lipinski definition) is 5. The first kappa shape index (κ1) is 17.8. The highest BCUT2D eigenvalue weighted by Crippen LogP contribution is 2.35. The van der Waals surface area contributed by atoms with Crippen LogP contribution in [0.3, 0.4) is 0 Å². The smallest absolute Gasteiger partial charge is 0.132 e. The normalized spacial score (nSPS) is 16.6. The summed E-state index contributed by atoms with van der Waals surface area (Å²) in [6, 6.07) is 10.6. The van der Waals surface area contributed by atoms with Gasteiger partial charge in [-0.2, -0.15) is 5.10 Å². The predicted octanol–water partition coefficient (Wildman–Crippen LogP) is 3.61. The molecule has 0 saturated carbocycles. The fourth-order valence-corrected chi connectivity index (χ4v) is 4.03. The Kier molecular flexibility index (Phi) is 4.44. The number of hydrogen-bond donors (Lipinski definition) is 2. The Balaban J connectivity index is 1.61. The zero-order valence-corrected chi connectivity index (χ0v) is 15.8. The average molecular weight is 388 g/mol. The fraction of sp³-hybridized carbons (Fsp3) is 0.227. The summed E-state index contributed by atoms with van der Waals surface area (Å²) in [6.45, 7) is 2.59. The van der Waals surface area contributed by atoms with E-state index in [-0.39, 0.29) is 5.82 Å². The molecule has 6 nitrogen and oxygen atoms in total. The molecule has 146 valence electrons. The lowest BCUT2D eigenvalue weighted by atomic mass is 10.0. The Morgan fingerprint density at radius 3 is 2.90 bits per heavy atom. The van der Waals surface area contributed by atoms with Crippen molar-refractivity contribution in [3.63, 3.8) is 0 Å². The molecule has 3 aromatic heterocycles. The van der Waals surface area contributed by atoms with Gasteiger partial charge >= 0.3 is 0 Å². The molecule has 3 N–H and O–H groups in total. The minimum atomic E-state index is -0.300. The summed E-state index contributed by atoms with van der Waals surface area (Å²) in [6.07, 6.45) is 6.47. The van der Waals surface area contributed by atoms with Gasteiger partial charge in [0, 0.05) is 47.7 Å².